The molecule has 2 heterocycles. The fourth-order valence-electron chi connectivity index (χ4n) is 2.91. The van der Waals surface area contributed by atoms with Gasteiger partial charge in [0.25, 0.3) is 5.56 Å². The zero-order valence-corrected chi connectivity index (χ0v) is 16.9. The van der Waals surface area contributed by atoms with Crippen molar-refractivity contribution in [2.45, 2.75) is 4.90 Å². The maximum absolute atomic E-state index is 13.1. The van der Waals surface area contributed by atoms with Crippen molar-refractivity contribution < 1.29 is 13.2 Å². The molecule has 8 heteroatoms. The number of sulfone groups is 1. The quantitative estimate of drug-likeness (QED) is 0.447. The molecule has 0 aliphatic carbocycles. The molecule has 0 bridgehead atoms. The second-order valence-electron chi connectivity index (χ2n) is 6.42. The van der Waals surface area contributed by atoms with E-state index in [0.29, 0.717) is 11.4 Å². The van der Waals surface area contributed by atoms with Crippen LogP contribution in [-0.4, -0.2) is 17.8 Å². The summed E-state index contributed by atoms with van der Waals surface area (Å²) in [5.74, 6) is 0.312. The van der Waals surface area contributed by atoms with E-state index in [2.05, 4.69) is 4.98 Å². The Labute approximate surface area is 178 Å². The van der Waals surface area contributed by atoms with E-state index < -0.39 is 20.3 Å². The Bertz CT molecular complexity index is 1490. The Balaban J connectivity index is 1.95. The summed E-state index contributed by atoms with van der Waals surface area (Å²) in [5, 5.41) is 9.60. The highest BCUT2D eigenvalue weighted by molar-refractivity contribution is 7.95. The van der Waals surface area contributed by atoms with E-state index in [4.69, 9.17) is 4.74 Å². The van der Waals surface area contributed by atoms with Crippen molar-refractivity contribution in [2.24, 2.45) is 0 Å². The van der Waals surface area contributed by atoms with Crippen molar-refractivity contribution >= 4 is 21.6 Å². The second kappa shape index (κ2) is 8.26. The number of fused-ring (bicyclic) bond motifs is 1. The van der Waals surface area contributed by atoms with Crippen LogP contribution >= 0.6 is 0 Å². The maximum atomic E-state index is 13.1. The van der Waals surface area contributed by atoms with Crippen LogP contribution in [0, 0.1) is 11.3 Å². The molecule has 2 aromatic carbocycles. The number of nitriles is 1. The third kappa shape index (κ3) is 3.95. The number of para-hydroxylation sites is 1. The van der Waals surface area contributed by atoms with Crippen molar-refractivity contribution in [1.82, 2.24) is 9.38 Å². The minimum absolute atomic E-state index is 0.0535. The third-order valence-corrected chi connectivity index (χ3v) is 6.10. The lowest BCUT2D eigenvalue weighted by Crippen LogP contribution is -2.19. The predicted octanol–water partition coefficient (Wildman–Crippen LogP) is 3.83. The second-order valence-corrected chi connectivity index (χ2v) is 8.33. The number of ether oxygens (including phenoxy) is 1. The molecule has 0 atom stereocenters. The molecule has 7 nitrogen and oxygen atoms in total. The molecule has 4 aromatic rings. The summed E-state index contributed by atoms with van der Waals surface area (Å²) >= 11 is 0. The van der Waals surface area contributed by atoms with Crippen LogP contribution in [0.4, 0.5) is 0 Å². The molecule has 2 aromatic heterocycles. The van der Waals surface area contributed by atoms with Gasteiger partial charge in [-0.2, -0.15) is 10.2 Å². The molecule has 0 saturated carbocycles. The Morgan fingerprint density at radius 3 is 2.29 bits per heavy atom. The first-order valence-electron chi connectivity index (χ1n) is 9.17. The number of allylic oxidation sites excluding steroid dienone is 1. The molecule has 0 radical (unpaired) electrons. The van der Waals surface area contributed by atoms with Crippen LogP contribution in [0.15, 0.2) is 99.7 Å². The number of hydrogen-bond donors (Lipinski definition) is 0. The van der Waals surface area contributed by atoms with Crippen LogP contribution in [0.5, 0.6) is 11.6 Å². The fourth-order valence-corrected chi connectivity index (χ4v) is 4.07. The fraction of sp³-hybridized carbons (Fsp3) is 0. The first-order valence-corrected chi connectivity index (χ1v) is 10.7. The van der Waals surface area contributed by atoms with Gasteiger partial charge in [0.2, 0.25) is 15.7 Å². The first-order chi connectivity index (χ1) is 15.0. The van der Waals surface area contributed by atoms with Crippen LogP contribution in [0.2, 0.25) is 0 Å². The van der Waals surface area contributed by atoms with E-state index in [1.807, 2.05) is 0 Å². The van der Waals surface area contributed by atoms with Crippen molar-refractivity contribution in [3.8, 4) is 17.7 Å². The van der Waals surface area contributed by atoms with E-state index >= 15 is 0 Å². The van der Waals surface area contributed by atoms with Gasteiger partial charge in [0.05, 0.1) is 4.90 Å². The van der Waals surface area contributed by atoms with Crippen molar-refractivity contribution in [3.05, 3.63) is 106 Å². The summed E-state index contributed by atoms with van der Waals surface area (Å²) in [4.78, 5) is 16.9. The van der Waals surface area contributed by atoms with Crippen LogP contribution in [-0.2, 0) is 9.84 Å². The van der Waals surface area contributed by atoms with Gasteiger partial charge in [-0.1, -0.05) is 42.5 Å². The van der Waals surface area contributed by atoms with Gasteiger partial charge >= 0.3 is 0 Å². The van der Waals surface area contributed by atoms with Gasteiger partial charge in [0, 0.05) is 6.20 Å². The summed E-state index contributed by atoms with van der Waals surface area (Å²) in [5.41, 5.74) is -0.392. The van der Waals surface area contributed by atoms with Crippen molar-refractivity contribution in [3.63, 3.8) is 0 Å². The lowest BCUT2D eigenvalue weighted by molar-refractivity contribution is 0.461. The normalized spacial score (nSPS) is 11.8. The molecule has 4 rings (SSSR count). The predicted molar refractivity (Wildman–Crippen MR) is 115 cm³/mol. The van der Waals surface area contributed by atoms with Crippen LogP contribution < -0.4 is 10.3 Å². The van der Waals surface area contributed by atoms with Gasteiger partial charge in [0.15, 0.2) is 0 Å². The van der Waals surface area contributed by atoms with Crippen molar-refractivity contribution in [1.29, 1.82) is 5.26 Å². The first kappa shape index (κ1) is 20.1. The lowest BCUT2D eigenvalue weighted by atomic mass is 10.2. The molecule has 0 amide bonds. The van der Waals surface area contributed by atoms with Gasteiger partial charge in [-0.3, -0.25) is 9.20 Å². The lowest BCUT2D eigenvalue weighted by Gasteiger charge is -2.10. The number of rotatable bonds is 5. The molecule has 0 saturated heterocycles. The highest BCUT2D eigenvalue weighted by atomic mass is 32.2. The summed E-state index contributed by atoms with van der Waals surface area (Å²) in [6, 6.07) is 22.9. The smallest absolute Gasteiger partial charge is 0.269 e. The molecule has 152 valence electrons. The van der Waals surface area contributed by atoms with Crippen LogP contribution in [0.3, 0.4) is 0 Å². The highest BCUT2D eigenvalue weighted by Crippen LogP contribution is 2.26. The highest BCUT2D eigenvalue weighted by Gasteiger charge is 2.23. The summed E-state index contributed by atoms with van der Waals surface area (Å²) in [6.45, 7) is 0. The number of pyridine rings is 1. The topological polar surface area (TPSA) is 102 Å². The SMILES string of the molecule is N#C/C(=C\c1c(Oc2ccccc2)nc2ccccn2c1=O)S(=O)(=O)c1ccccc1. The number of aromatic nitrogens is 2. The number of benzene rings is 2. The minimum Gasteiger partial charge on any atom is -0.438 e. The zero-order chi connectivity index (χ0) is 21.8. The minimum atomic E-state index is -4.14. The van der Waals surface area contributed by atoms with E-state index in [-0.39, 0.29) is 16.3 Å². The Morgan fingerprint density at radius 2 is 1.61 bits per heavy atom. The molecule has 0 aliphatic rings. The summed E-state index contributed by atoms with van der Waals surface area (Å²) in [7, 11) is -4.14. The van der Waals surface area contributed by atoms with E-state index in [1.165, 1.54) is 22.7 Å². The molecule has 0 aliphatic heterocycles. The van der Waals surface area contributed by atoms with E-state index in [9.17, 15) is 18.5 Å². The van der Waals surface area contributed by atoms with Gasteiger partial charge in [-0.15, -0.1) is 0 Å². The van der Waals surface area contributed by atoms with Crippen LogP contribution in [0.1, 0.15) is 5.56 Å². The molecule has 0 spiro atoms. The Morgan fingerprint density at radius 1 is 0.968 bits per heavy atom. The monoisotopic (exact) mass is 429 g/mol. The molecular weight excluding hydrogens is 414 g/mol. The molecule has 0 unspecified atom stereocenters. The van der Waals surface area contributed by atoms with E-state index in [0.717, 1.165) is 6.08 Å². The Kier molecular flexibility index (Phi) is 5.35. The number of hydrogen-bond acceptors (Lipinski definition) is 6. The zero-order valence-electron chi connectivity index (χ0n) is 16.0. The average molecular weight is 429 g/mol. The molecule has 31 heavy (non-hydrogen) atoms. The van der Waals surface area contributed by atoms with Crippen LogP contribution in [0.25, 0.3) is 11.7 Å². The van der Waals surface area contributed by atoms with Gasteiger partial charge in [0.1, 0.15) is 27.9 Å². The van der Waals surface area contributed by atoms with Gasteiger partial charge < -0.3 is 4.74 Å². The largest absolute Gasteiger partial charge is 0.438 e. The van der Waals surface area contributed by atoms with Gasteiger partial charge in [-0.25, -0.2) is 8.42 Å². The summed E-state index contributed by atoms with van der Waals surface area (Å²) in [6.07, 6.45) is 2.52. The number of nitrogens with zero attached hydrogens (tertiary/aromatic N) is 3. The standard InChI is InChI=1S/C23H15N3O4S/c24-16-19(31(28,29)18-11-5-2-6-12-18)15-20-22(30-17-9-3-1-4-10-17)25-21-13-7-8-14-26(21)23(20)27/h1-15H/b19-15+. The average Bonchev–Trinajstić information content (AvgIpc) is 2.80. The molecule has 0 N–H and O–H groups in total. The van der Waals surface area contributed by atoms with Gasteiger partial charge in [-0.05, 0) is 42.5 Å². The molecule has 0 fully saturated rings. The van der Waals surface area contributed by atoms with E-state index in [1.54, 1.807) is 72.8 Å². The Hall–Kier alpha value is -4.22. The van der Waals surface area contributed by atoms with Crippen molar-refractivity contribution in [2.75, 3.05) is 0 Å². The summed E-state index contributed by atoms with van der Waals surface area (Å²) < 4.78 is 32.9. The third-order valence-electron chi connectivity index (χ3n) is 4.42. The maximum Gasteiger partial charge on any atom is 0.269 e. The molecular formula is C23H15N3O4S.